The number of aromatic amines is 1. The number of unbranched alkanes of at least 4 members (excludes halogenated alkanes) is 2. The Kier molecular flexibility index (Phi) is 8.41. The zero-order valence-electron chi connectivity index (χ0n) is 19.7. The number of nitrogens with zero attached hydrogens (tertiary/aromatic N) is 3. The minimum Gasteiger partial charge on any atom is -0.352 e. The number of hydrogen-bond donors (Lipinski definition) is 2. The van der Waals surface area contributed by atoms with Crippen LogP contribution in [0, 0.1) is 10.7 Å². The van der Waals surface area contributed by atoms with Crippen molar-refractivity contribution in [2.75, 3.05) is 13.1 Å². The predicted octanol–water partition coefficient (Wildman–Crippen LogP) is 3.57. The number of amides is 2. The van der Waals surface area contributed by atoms with Gasteiger partial charge in [-0.1, -0.05) is 24.6 Å². The van der Waals surface area contributed by atoms with Gasteiger partial charge in [-0.25, -0.2) is 0 Å². The van der Waals surface area contributed by atoms with E-state index in [0.717, 1.165) is 30.3 Å². The molecule has 0 radical (unpaired) electrons. The summed E-state index contributed by atoms with van der Waals surface area (Å²) in [5, 5.41) is 3.61. The van der Waals surface area contributed by atoms with Gasteiger partial charge in [0.2, 0.25) is 11.8 Å². The number of para-hydroxylation sites is 1. The standard InChI is InChI=1S/C26H31N5O3S/c32-23(30-15-11-20(12-16-30)24(33)28-18-19-7-6-13-27-17-19)10-2-1-5-14-31-25(34)21-8-3-4-9-22(21)29-26(31)35/h3-4,6-9,13,17,20H,1-2,5,10-12,14-16,18H2,(H,28,33)(H,29,35). The van der Waals surface area contributed by atoms with Gasteiger partial charge in [0, 0.05) is 50.9 Å². The average Bonchev–Trinajstić information content (AvgIpc) is 2.89. The lowest BCUT2D eigenvalue weighted by Gasteiger charge is -2.31. The number of carbonyl (C=O) groups is 2. The molecule has 1 aliphatic heterocycles. The summed E-state index contributed by atoms with van der Waals surface area (Å²) in [5.41, 5.74) is 1.65. The summed E-state index contributed by atoms with van der Waals surface area (Å²) in [6, 6.07) is 11.1. The first-order chi connectivity index (χ1) is 17.0. The highest BCUT2D eigenvalue weighted by Gasteiger charge is 2.26. The van der Waals surface area contributed by atoms with E-state index in [0.29, 0.717) is 55.6 Å². The molecule has 2 amide bonds. The van der Waals surface area contributed by atoms with E-state index in [1.54, 1.807) is 23.0 Å². The Morgan fingerprint density at radius 2 is 1.89 bits per heavy atom. The minimum absolute atomic E-state index is 0.0447. The Morgan fingerprint density at radius 3 is 2.66 bits per heavy atom. The third-order valence-corrected chi connectivity index (χ3v) is 6.89. The van der Waals surface area contributed by atoms with Crippen LogP contribution in [-0.4, -0.2) is 44.3 Å². The molecule has 1 saturated heterocycles. The molecule has 3 aromatic rings. The number of likely N-dealkylation sites (tertiary alicyclic amines) is 1. The van der Waals surface area contributed by atoms with Crippen molar-refractivity contribution in [1.29, 1.82) is 0 Å². The summed E-state index contributed by atoms with van der Waals surface area (Å²) < 4.78 is 2.03. The topological polar surface area (TPSA) is 100 Å². The van der Waals surface area contributed by atoms with E-state index >= 15 is 0 Å². The summed E-state index contributed by atoms with van der Waals surface area (Å²) in [7, 11) is 0. The van der Waals surface area contributed by atoms with Crippen molar-refractivity contribution in [3.8, 4) is 0 Å². The number of rotatable bonds is 9. The summed E-state index contributed by atoms with van der Waals surface area (Å²) in [4.78, 5) is 46.8. The Hall–Kier alpha value is -3.33. The largest absolute Gasteiger partial charge is 0.352 e. The van der Waals surface area contributed by atoms with E-state index in [1.165, 1.54) is 0 Å². The van der Waals surface area contributed by atoms with Gasteiger partial charge in [0.05, 0.1) is 10.9 Å². The second-order valence-electron chi connectivity index (χ2n) is 8.98. The van der Waals surface area contributed by atoms with E-state index in [-0.39, 0.29) is 23.3 Å². The van der Waals surface area contributed by atoms with Crippen LogP contribution in [0.4, 0.5) is 0 Å². The van der Waals surface area contributed by atoms with Crippen LogP contribution in [0.2, 0.25) is 0 Å². The fraction of sp³-hybridized carbons (Fsp3) is 0.423. The van der Waals surface area contributed by atoms with Crippen LogP contribution in [0.3, 0.4) is 0 Å². The van der Waals surface area contributed by atoms with Crippen LogP contribution in [0.15, 0.2) is 53.6 Å². The normalized spacial score (nSPS) is 14.2. The molecule has 0 spiro atoms. The molecule has 35 heavy (non-hydrogen) atoms. The van der Waals surface area contributed by atoms with E-state index in [9.17, 15) is 14.4 Å². The highest BCUT2D eigenvalue weighted by atomic mass is 32.1. The van der Waals surface area contributed by atoms with Gasteiger partial charge in [0.15, 0.2) is 4.77 Å². The molecule has 4 rings (SSSR count). The number of hydrogen-bond acceptors (Lipinski definition) is 5. The van der Waals surface area contributed by atoms with E-state index < -0.39 is 0 Å². The molecule has 0 bridgehead atoms. The number of aromatic nitrogens is 3. The number of carbonyl (C=O) groups excluding carboxylic acids is 2. The number of H-pyrrole nitrogens is 1. The fourth-order valence-corrected chi connectivity index (χ4v) is 4.79. The molecule has 9 heteroatoms. The van der Waals surface area contributed by atoms with Crippen LogP contribution in [0.25, 0.3) is 10.9 Å². The van der Waals surface area contributed by atoms with E-state index in [1.807, 2.05) is 35.2 Å². The van der Waals surface area contributed by atoms with E-state index in [2.05, 4.69) is 15.3 Å². The summed E-state index contributed by atoms with van der Waals surface area (Å²) in [5.74, 6) is 0.128. The van der Waals surface area contributed by atoms with Gasteiger partial charge in [-0.15, -0.1) is 0 Å². The minimum atomic E-state index is -0.0761. The summed E-state index contributed by atoms with van der Waals surface area (Å²) >= 11 is 5.36. The van der Waals surface area contributed by atoms with Crippen LogP contribution < -0.4 is 10.9 Å². The monoisotopic (exact) mass is 493 g/mol. The van der Waals surface area contributed by atoms with Crippen molar-refractivity contribution in [3.05, 3.63) is 69.5 Å². The molecule has 3 heterocycles. The van der Waals surface area contributed by atoms with Crippen molar-refractivity contribution in [1.82, 2.24) is 24.8 Å². The molecule has 2 aromatic heterocycles. The number of nitrogens with one attached hydrogen (secondary N) is 2. The number of benzene rings is 1. The zero-order valence-corrected chi connectivity index (χ0v) is 20.6. The third kappa shape index (κ3) is 6.42. The van der Waals surface area contributed by atoms with Gasteiger partial charge in [0.1, 0.15) is 0 Å². The van der Waals surface area contributed by atoms with Gasteiger partial charge >= 0.3 is 0 Å². The lowest BCUT2D eigenvalue weighted by atomic mass is 9.95. The lowest BCUT2D eigenvalue weighted by Crippen LogP contribution is -2.42. The van der Waals surface area contributed by atoms with Gasteiger partial charge in [0.25, 0.3) is 5.56 Å². The van der Waals surface area contributed by atoms with E-state index in [4.69, 9.17) is 12.2 Å². The summed E-state index contributed by atoms with van der Waals surface area (Å²) in [6.07, 6.45) is 7.70. The van der Waals surface area contributed by atoms with Gasteiger partial charge in [-0.05, 0) is 61.7 Å². The van der Waals surface area contributed by atoms with Crippen molar-refractivity contribution in [3.63, 3.8) is 0 Å². The zero-order chi connectivity index (χ0) is 24.6. The maximum absolute atomic E-state index is 12.7. The average molecular weight is 494 g/mol. The highest BCUT2D eigenvalue weighted by Crippen LogP contribution is 2.19. The number of fused-ring (bicyclic) bond motifs is 1. The molecule has 2 N–H and O–H groups in total. The third-order valence-electron chi connectivity index (χ3n) is 6.57. The number of piperidine rings is 1. The van der Waals surface area contributed by atoms with Crippen molar-refractivity contribution < 1.29 is 9.59 Å². The maximum atomic E-state index is 12.7. The van der Waals surface area contributed by atoms with Crippen LogP contribution in [0.1, 0.15) is 44.1 Å². The molecule has 1 aliphatic rings. The molecule has 0 aliphatic carbocycles. The molecule has 0 unspecified atom stereocenters. The Morgan fingerprint density at radius 1 is 1.09 bits per heavy atom. The second kappa shape index (κ2) is 11.9. The Labute approximate surface area is 209 Å². The van der Waals surface area contributed by atoms with Crippen LogP contribution in [0.5, 0.6) is 0 Å². The first-order valence-corrected chi connectivity index (χ1v) is 12.6. The second-order valence-corrected chi connectivity index (χ2v) is 9.36. The van der Waals surface area contributed by atoms with Crippen molar-refractivity contribution in [2.24, 2.45) is 5.92 Å². The van der Waals surface area contributed by atoms with Crippen molar-refractivity contribution in [2.45, 2.75) is 51.6 Å². The van der Waals surface area contributed by atoms with Crippen LogP contribution in [-0.2, 0) is 22.7 Å². The smallest absolute Gasteiger partial charge is 0.262 e. The lowest BCUT2D eigenvalue weighted by molar-refractivity contribution is -0.135. The molecular formula is C26H31N5O3S. The molecule has 1 aromatic carbocycles. The fourth-order valence-electron chi connectivity index (χ4n) is 4.51. The first kappa shape index (κ1) is 24.8. The predicted molar refractivity (Wildman–Crippen MR) is 137 cm³/mol. The SMILES string of the molecule is O=C(NCc1cccnc1)C1CCN(C(=O)CCCCCn2c(=S)[nH]c3ccccc3c2=O)CC1. The number of pyridine rings is 1. The van der Waals surface area contributed by atoms with Crippen LogP contribution >= 0.6 is 12.2 Å². The molecule has 0 atom stereocenters. The first-order valence-electron chi connectivity index (χ1n) is 12.2. The summed E-state index contributed by atoms with van der Waals surface area (Å²) in [6.45, 7) is 2.24. The van der Waals surface area contributed by atoms with Crippen molar-refractivity contribution >= 4 is 34.9 Å². The highest BCUT2D eigenvalue weighted by molar-refractivity contribution is 7.71. The molecule has 1 fully saturated rings. The van der Waals surface area contributed by atoms with Gasteiger partial charge < -0.3 is 15.2 Å². The maximum Gasteiger partial charge on any atom is 0.262 e. The molecule has 184 valence electrons. The molecule has 0 saturated carbocycles. The Bertz CT molecular complexity index is 1280. The van der Waals surface area contributed by atoms with Gasteiger partial charge in [-0.3, -0.25) is 23.9 Å². The molecular weight excluding hydrogens is 462 g/mol. The van der Waals surface area contributed by atoms with Gasteiger partial charge in [-0.2, -0.15) is 0 Å². The Balaban J connectivity index is 1.15. The molecule has 8 nitrogen and oxygen atoms in total. The quantitative estimate of drug-likeness (QED) is 0.351.